The Morgan fingerprint density at radius 2 is 1.88 bits per heavy atom. The molecule has 0 radical (unpaired) electrons. The van der Waals surface area contributed by atoms with Gasteiger partial charge in [0.25, 0.3) is 0 Å². The Morgan fingerprint density at radius 1 is 0.969 bits per heavy atom. The van der Waals surface area contributed by atoms with E-state index < -0.39 is 6.10 Å². The maximum Gasteiger partial charge on any atom is 0.130 e. The molecule has 5 heteroatoms. The number of fused-ring (bicyclic) bond motifs is 2. The zero-order chi connectivity index (χ0) is 21.9. The molecule has 1 aliphatic rings. The number of nitrogens with zero attached hydrogens (tertiary/aromatic N) is 1. The van der Waals surface area contributed by atoms with Crippen molar-refractivity contribution >= 4 is 10.9 Å². The second kappa shape index (κ2) is 8.89. The average molecular weight is 428 g/mol. The molecule has 3 aromatic carbocycles. The Bertz CT molecular complexity index is 1240. The third kappa shape index (κ3) is 4.25. The molecule has 1 aliphatic heterocycles. The lowest BCUT2D eigenvalue weighted by molar-refractivity contribution is 0.0504. The van der Waals surface area contributed by atoms with Crippen LogP contribution in [0.5, 0.6) is 17.2 Å². The number of pyridine rings is 1. The van der Waals surface area contributed by atoms with Crippen molar-refractivity contribution in [2.45, 2.75) is 19.1 Å². The van der Waals surface area contributed by atoms with E-state index >= 15 is 0 Å². The first-order valence-electron chi connectivity index (χ1n) is 10.7. The van der Waals surface area contributed by atoms with Crippen molar-refractivity contribution in [1.29, 1.82) is 0 Å². The molecule has 4 aromatic rings. The molecule has 0 saturated carbocycles. The van der Waals surface area contributed by atoms with Crippen LogP contribution in [0.1, 0.15) is 22.9 Å². The summed E-state index contributed by atoms with van der Waals surface area (Å²) in [4.78, 5) is 4.66. The normalized spacial score (nSPS) is 17.4. The van der Waals surface area contributed by atoms with Crippen LogP contribution < -0.4 is 14.2 Å². The predicted octanol–water partition coefficient (Wildman–Crippen LogP) is 5.11. The molecule has 0 aliphatic carbocycles. The number of aromatic nitrogens is 1. The maximum absolute atomic E-state index is 11.1. The molecule has 0 saturated heterocycles. The van der Waals surface area contributed by atoms with Gasteiger partial charge < -0.3 is 19.3 Å². The highest BCUT2D eigenvalue weighted by Crippen LogP contribution is 2.39. The zero-order valence-electron chi connectivity index (χ0n) is 17.9. The minimum absolute atomic E-state index is 0.0491. The number of aliphatic hydroxyl groups excluding tert-OH is 1. The summed E-state index contributed by atoms with van der Waals surface area (Å²) >= 11 is 0. The molecule has 1 aromatic heterocycles. The van der Waals surface area contributed by atoms with E-state index in [0.717, 1.165) is 33.5 Å². The van der Waals surface area contributed by atoms with Gasteiger partial charge in [0.1, 0.15) is 23.9 Å². The van der Waals surface area contributed by atoms with Crippen molar-refractivity contribution in [2.75, 3.05) is 13.7 Å². The number of benzene rings is 3. The quantitative estimate of drug-likeness (QED) is 0.464. The van der Waals surface area contributed by atoms with Crippen LogP contribution in [0.25, 0.3) is 10.9 Å². The lowest BCUT2D eigenvalue weighted by atomic mass is 9.88. The molecule has 0 amide bonds. The third-order valence-corrected chi connectivity index (χ3v) is 5.87. The molecule has 5 rings (SSSR count). The third-order valence-electron chi connectivity index (χ3n) is 5.87. The van der Waals surface area contributed by atoms with E-state index in [2.05, 4.69) is 11.1 Å². The van der Waals surface area contributed by atoms with E-state index in [-0.39, 0.29) is 5.92 Å². The van der Waals surface area contributed by atoms with Gasteiger partial charge in [0, 0.05) is 16.9 Å². The van der Waals surface area contributed by atoms with Gasteiger partial charge in [-0.2, -0.15) is 0 Å². The summed E-state index contributed by atoms with van der Waals surface area (Å²) in [6.45, 7) is 0.820. The number of para-hydroxylation sites is 1. The SMILES string of the molecule is COc1cccc(C[C@@H]2COc3ccc(OCc4ccc5ccccc5n4)cc3[C@H]2O)c1. The van der Waals surface area contributed by atoms with Gasteiger partial charge >= 0.3 is 0 Å². The fourth-order valence-electron chi connectivity index (χ4n) is 4.14. The van der Waals surface area contributed by atoms with E-state index in [0.29, 0.717) is 31.1 Å². The fraction of sp³-hybridized carbons (Fsp3) is 0.222. The van der Waals surface area contributed by atoms with Crippen molar-refractivity contribution < 1.29 is 19.3 Å². The fourth-order valence-corrected chi connectivity index (χ4v) is 4.14. The lowest BCUT2D eigenvalue weighted by Crippen LogP contribution is -2.27. The minimum Gasteiger partial charge on any atom is -0.497 e. The first-order chi connectivity index (χ1) is 15.7. The molecule has 0 spiro atoms. The summed E-state index contributed by atoms with van der Waals surface area (Å²) in [6, 6.07) is 25.6. The predicted molar refractivity (Wildman–Crippen MR) is 123 cm³/mol. The molecule has 0 unspecified atom stereocenters. The smallest absolute Gasteiger partial charge is 0.130 e. The summed E-state index contributed by atoms with van der Waals surface area (Å²) < 4.78 is 17.3. The van der Waals surface area contributed by atoms with Gasteiger partial charge in [0.2, 0.25) is 0 Å². The molecule has 32 heavy (non-hydrogen) atoms. The second-order valence-corrected chi connectivity index (χ2v) is 8.06. The van der Waals surface area contributed by atoms with Crippen molar-refractivity contribution in [2.24, 2.45) is 5.92 Å². The van der Waals surface area contributed by atoms with Gasteiger partial charge in [0.15, 0.2) is 0 Å². The van der Waals surface area contributed by atoms with Crippen molar-refractivity contribution in [3.05, 3.63) is 95.7 Å². The van der Waals surface area contributed by atoms with Crippen molar-refractivity contribution in [3.8, 4) is 17.2 Å². The lowest BCUT2D eigenvalue weighted by Gasteiger charge is -2.30. The van der Waals surface area contributed by atoms with E-state index in [1.165, 1.54) is 0 Å². The Labute approximate surface area is 187 Å². The van der Waals surface area contributed by atoms with Gasteiger partial charge in [-0.25, -0.2) is 4.98 Å². The number of rotatable bonds is 6. The molecule has 2 heterocycles. The maximum atomic E-state index is 11.1. The monoisotopic (exact) mass is 427 g/mol. The average Bonchev–Trinajstić information content (AvgIpc) is 2.84. The summed E-state index contributed by atoms with van der Waals surface area (Å²) in [7, 11) is 1.66. The molecule has 5 nitrogen and oxygen atoms in total. The Hall–Kier alpha value is -3.57. The first-order valence-corrected chi connectivity index (χ1v) is 10.7. The summed E-state index contributed by atoms with van der Waals surface area (Å²) in [5.74, 6) is 2.15. The first kappa shape index (κ1) is 20.3. The standard InChI is InChI=1S/C27H25NO4/c1-30-22-7-4-5-18(14-22)13-20-16-32-26-12-11-23(15-24(26)27(20)29)31-17-21-10-9-19-6-2-3-8-25(19)28-21/h2-12,14-15,20,27,29H,13,16-17H2,1H3/t20-,27+/m1/s1. The number of ether oxygens (including phenoxy) is 3. The molecule has 2 atom stereocenters. The zero-order valence-corrected chi connectivity index (χ0v) is 17.9. The molecule has 162 valence electrons. The van der Waals surface area contributed by atoms with E-state index in [1.807, 2.05) is 72.8 Å². The van der Waals surface area contributed by atoms with E-state index in [1.54, 1.807) is 7.11 Å². The summed E-state index contributed by atoms with van der Waals surface area (Å²) in [5, 5.41) is 12.2. The van der Waals surface area contributed by atoms with Gasteiger partial charge in [0.05, 0.1) is 31.0 Å². The number of hydrogen-bond donors (Lipinski definition) is 1. The highest BCUT2D eigenvalue weighted by Gasteiger charge is 2.30. The Kier molecular flexibility index (Phi) is 5.65. The van der Waals surface area contributed by atoms with Crippen LogP contribution in [0, 0.1) is 5.92 Å². The number of methoxy groups -OCH3 is 1. The van der Waals surface area contributed by atoms with Crippen LogP contribution >= 0.6 is 0 Å². The molecular weight excluding hydrogens is 402 g/mol. The van der Waals surface area contributed by atoms with Gasteiger partial charge in [-0.15, -0.1) is 0 Å². The van der Waals surface area contributed by atoms with Crippen molar-refractivity contribution in [1.82, 2.24) is 4.98 Å². The highest BCUT2D eigenvalue weighted by atomic mass is 16.5. The number of aliphatic hydroxyl groups is 1. The topological polar surface area (TPSA) is 60.8 Å². The Morgan fingerprint density at radius 3 is 2.78 bits per heavy atom. The largest absolute Gasteiger partial charge is 0.497 e. The van der Waals surface area contributed by atoms with Crippen LogP contribution in [-0.2, 0) is 13.0 Å². The molecule has 0 bridgehead atoms. The Balaban J connectivity index is 1.30. The molecule has 0 fully saturated rings. The minimum atomic E-state index is -0.632. The van der Waals surface area contributed by atoms with Gasteiger partial charge in [-0.3, -0.25) is 0 Å². The second-order valence-electron chi connectivity index (χ2n) is 8.06. The van der Waals surface area contributed by atoms with E-state index in [9.17, 15) is 5.11 Å². The number of hydrogen-bond acceptors (Lipinski definition) is 5. The molecule has 1 N–H and O–H groups in total. The molecular formula is C27H25NO4. The summed E-state index contributed by atoms with van der Waals surface area (Å²) in [5.41, 5.74) is 3.67. The van der Waals surface area contributed by atoms with Crippen LogP contribution in [0.2, 0.25) is 0 Å². The van der Waals surface area contributed by atoms with E-state index in [4.69, 9.17) is 14.2 Å². The highest BCUT2D eigenvalue weighted by molar-refractivity contribution is 5.78. The van der Waals surface area contributed by atoms with Crippen molar-refractivity contribution in [3.63, 3.8) is 0 Å². The summed E-state index contributed by atoms with van der Waals surface area (Å²) in [6.07, 6.45) is 0.0662. The van der Waals surface area contributed by atoms with Crippen LogP contribution in [0.15, 0.2) is 78.9 Å². The van der Waals surface area contributed by atoms with Crippen LogP contribution in [-0.4, -0.2) is 23.8 Å². The van der Waals surface area contributed by atoms with Gasteiger partial charge in [-0.05, 0) is 54.4 Å². The van der Waals surface area contributed by atoms with Crippen LogP contribution in [0.4, 0.5) is 0 Å². The van der Waals surface area contributed by atoms with Gasteiger partial charge in [-0.1, -0.05) is 36.4 Å². The van der Waals surface area contributed by atoms with Crippen LogP contribution in [0.3, 0.4) is 0 Å².